The standard InChI is InChI=1S/C8H8BrFN2O/c1-3-4(9)2-5(10)6(7(3)11)8(12)13/h2H,11H2,1H3,(H2,12,13). The molecule has 1 rings (SSSR count). The maximum Gasteiger partial charge on any atom is 0.253 e. The fourth-order valence-electron chi connectivity index (χ4n) is 0.987. The van der Waals surface area contributed by atoms with E-state index in [0.717, 1.165) is 0 Å². The first kappa shape index (κ1) is 9.98. The molecule has 4 N–H and O–H groups in total. The Hall–Kier alpha value is -1.10. The average Bonchev–Trinajstić information content (AvgIpc) is 1.99. The molecule has 3 nitrogen and oxygen atoms in total. The molecule has 0 saturated carbocycles. The molecule has 1 aromatic rings. The van der Waals surface area contributed by atoms with E-state index in [0.29, 0.717) is 10.0 Å². The fraction of sp³-hybridized carbons (Fsp3) is 0.125. The molecule has 0 radical (unpaired) electrons. The maximum absolute atomic E-state index is 13.1. The summed E-state index contributed by atoms with van der Waals surface area (Å²) in [5.41, 5.74) is 10.9. The van der Waals surface area contributed by atoms with Crippen LogP contribution in [0.1, 0.15) is 15.9 Å². The van der Waals surface area contributed by atoms with Crippen molar-refractivity contribution in [2.45, 2.75) is 6.92 Å². The van der Waals surface area contributed by atoms with Crippen molar-refractivity contribution >= 4 is 27.5 Å². The number of benzene rings is 1. The number of amides is 1. The SMILES string of the molecule is Cc1c(Br)cc(F)c(C(N)=O)c1N. The average molecular weight is 247 g/mol. The number of primary amides is 1. The number of anilines is 1. The zero-order chi connectivity index (χ0) is 10.2. The van der Waals surface area contributed by atoms with Gasteiger partial charge >= 0.3 is 0 Å². The van der Waals surface area contributed by atoms with E-state index in [4.69, 9.17) is 11.5 Å². The lowest BCUT2D eigenvalue weighted by Crippen LogP contribution is -2.16. The van der Waals surface area contributed by atoms with Gasteiger partial charge in [0.1, 0.15) is 5.82 Å². The Balaban J connectivity index is 3.53. The van der Waals surface area contributed by atoms with E-state index in [-0.39, 0.29) is 11.3 Å². The smallest absolute Gasteiger partial charge is 0.253 e. The first-order chi connectivity index (χ1) is 5.95. The molecule has 0 aliphatic carbocycles. The molecule has 0 bridgehead atoms. The topological polar surface area (TPSA) is 69.1 Å². The summed E-state index contributed by atoms with van der Waals surface area (Å²) < 4.78 is 13.7. The Morgan fingerprint density at radius 3 is 2.62 bits per heavy atom. The molecule has 70 valence electrons. The van der Waals surface area contributed by atoms with Crippen LogP contribution >= 0.6 is 15.9 Å². The van der Waals surface area contributed by atoms with Gasteiger partial charge in [-0.25, -0.2) is 4.39 Å². The molecular weight excluding hydrogens is 239 g/mol. The Kier molecular flexibility index (Phi) is 2.56. The summed E-state index contributed by atoms with van der Waals surface area (Å²) in [5, 5.41) is 0. The quantitative estimate of drug-likeness (QED) is 0.739. The molecule has 0 fully saturated rings. The molecule has 13 heavy (non-hydrogen) atoms. The van der Waals surface area contributed by atoms with Crippen LogP contribution < -0.4 is 11.5 Å². The first-order valence-electron chi connectivity index (χ1n) is 3.49. The molecule has 0 spiro atoms. The third kappa shape index (κ3) is 1.65. The minimum absolute atomic E-state index is 0.0828. The lowest BCUT2D eigenvalue weighted by Gasteiger charge is -2.08. The van der Waals surface area contributed by atoms with Crippen LogP contribution in [0, 0.1) is 12.7 Å². The maximum atomic E-state index is 13.1. The van der Waals surface area contributed by atoms with E-state index in [2.05, 4.69) is 15.9 Å². The van der Waals surface area contributed by atoms with Crippen molar-refractivity contribution in [3.63, 3.8) is 0 Å². The van der Waals surface area contributed by atoms with Crippen molar-refractivity contribution < 1.29 is 9.18 Å². The Morgan fingerprint density at radius 2 is 2.15 bits per heavy atom. The molecule has 0 aliphatic heterocycles. The number of carbonyl (C=O) groups excluding carboxylic acids is 1. The molecule has 0 atom stereocenters. The van der Waals surface area contributed by atoms with Gasteiger partial charge < -0.3 is 11.5 Å². The fourth-order valence-corrected chi connectivity index (χ4v) is 1.40. The van der Waals surface area contributed by atoms with Gasteiger partial charge in [0.05, 0.1) is 11.3 Å². The monoisotopic (exact) mass is 246 g/mol. The molecule has 0 aliphatic rings. The van der Waals surface area contributed by atoms with E-state index in [1.807, 2.05) is 0 Å². The second-order valence-electron chi connectivity index (χ2n) is 2.62. The lowest BCUT2D eigenvalue weighted by molar-refractivity contribution is 0.0997. The van der Waals surface area contributed by atoms with Crippen molar-refractivity contribution in [2.24, 2.45) is 5.73 Å². The normalized spacial score (nSPS) is 10.1. The first-order valence-corrected chi connectivity index (χ1v) is 4.28. The highest BCUT2D eigenvalue weighted by Crippen LogP contribution is 2.27. The van der Waals surface area contributed by atoms with Crippen LogP contribution in [0.3, 0.4) is 0 Å². The summed E-state index contributed by atoms with van der Waals surface area (Å²) >= 11 is 3.11. The molecule has 5 heteroatoms. The van der Waals surface area contributed by atoms with Crippen LogP contribution in [-0.2, 0) is 0 Å². The van der Waals surface area contributed by atoms with Crippen LogP contribution in [0.2, 0.25) is 0 Å². The van der Waals surface area contributed by atoms with Crippen LogP contribution in [0.5, 0.6) is 0 Å². The van der Waals surface area contributed by atoms with Gasteiger partial charge in [0.15, 0.2) is 0 Å². The summed E-state index contributed by atoms with van der Waals surface area (Å²) in [6.07, 6.45) is 0. The van der Waals surface area contributed by atoms with Crippen molar-refractivity contribution in [3.05, 3.63) is 27.5 Å². The molecular formula is C8H8BrFN2O. The minimum Gasteiger partial charge on any atom is -0.398 e. The van der Waals surface area contributed by atoms with Gasteiger partial charge in [-0.2, -0.15) is 0 Å². The Morgan fingerprint density at radius 1 is 1.62 bits per heavy atom. The molecule has 0 unspecified atom stereocenters. The van der Waals surface area contributed by atoms with Crippen molar-refractivity contribution in [2.75, 3.05) is 5.73 Å². The van der Waals surface area contributed by atoms with E-state index in [1.165, 1.54) is 6.07 Å². The van der Waals surface area contributed by atoms with Gasteiger partial charge in [0.2, 0.25) is 0 Å². The number of carbonyl (C=O) groups is 1. The largest absolute Gasteiger partial charge is 0.398 e. The summed E-state index contributed by atoms with van der Waals surface area (Å²) in [5.74, 6) is -1.56. The van der Waals surface area contributed by atoms with Gasteiger partial charge in [0, 0.05) is 4.47 Å². The molecule has 0 heterocycles. The van der Waals surface area contributed by atoms with Gasteiger partial charge in [-0.05, 0) is 18.6 Å². The predicted molar refractivity (Wildman–Crippen MR) is 51.8 cm³/mol. The highest BCUT2D eigenvalue weighted by molar-refractivity contribution is 9.10. The minimum atomic E-state index is -0.856. The third-order valence-electron chi connectivity index (χ3n) is 1.77. The van der Waals surface area contributed by atoms with Crippen LogP contribution in [0.4, 0.5) is 10.1 Å². The molecule has 0 aromatic heterocycles. The molecule has 0 saturated heterocycles. The lowest BCUT2D eigenvalue weighted by atomic mass is 10.1. The Labute approximate surface area is 83.0 Å². The summed E-state index contributed by atoms with van der Waals surface area (Å²) in [6.45, 7) is 1.67. The zero-order valence-electron chi connectivity index (χ0n) is 6.90. The summed E-state index contributed by atoms with van der Waals surface area (Å²) in [4.78, 5) is 10.8. The highest BCUT2D eigenvalue weighted by Gasteiger charge is 2.16. The van der Waals surface area contributed by atoms with Crippen LogP contribution in [-0.4, -0.2) is 5.91 Å². The van der Waals surface area contributed by atoms with Crippen LogP contribution in [0.25, 0.3) is 0 Å². The van der Waals surface area contributed by atoms with Gasteiger partial charge in [0.25, 0.3) is 5.91 Å². The predicted octanol–water partition coefficient (Wildman–Crippen LogP) is 1.58. The highest BCUT2D eigenvalue weighted by atomic mass is 79.9. The number of halogens is 2. The van der Waals surface area contributed by atoms with E-state index in [1.54, 1.807) is 6.92 Å². The second kappa shape index (κ2) is 3.33. The number of nitrogens with two attached hydrogens (primary N) is 2. The van der Waals surface area contributed by atoms with E-state index >= 15 is 0 Å². The van der Waals surface area contributed by atoms with Crippen molar-refractivity contribution in [1.82, 2.24) is 0 Å². The molecule has 1 aromatic carbocycles. The molecule has 1 amide bonds. The zero-order valence-corrected chi connectivity index (χ0v) is 8.48. The Bertz CT molecular complexity index is 379. The summed E-state index contributed by atoms with van der Waals surface area (Å²) in [7, 11) is 0. The van der Waals surface area contributed by atoms with Gasteiger partial charge in [-0.15, -0.1) is 0 Å². The second-order valence-corrected chi connectivity index (χ2v) is 3.47. The van der Waals surface area contributed by atoms with E-state index in [9.17, 15) is 9.18 Å². The number of nitrogen functional groups attached to an aromatic ring is 1. The third-order valence-corrected chi connectivity index (χ3v) is 2.59. The van der Waals surface area contributed by atoms with Gasteiger partial charge in [-0.3, -0.25) is 4.79 Å². The number of hydrogen-bond donors (Lipinski definition) is 2. The summed E-state index contributed by atoms with van der Waals surface area (Å²) in [6, 6.07) is 1.17. The van der Waals surface area contributed by atoms with E-state index < -0.39 is 11.7 Å². The van der Waals surface area contributed by atoms with Crippen molar-refractivity contribution in [1.29, 1.82) is 0 Å². The van der Waals surface area contributed by atoms with Crippen LogP contribution in [0.15, 0.2) is 10.5 Å². The number of rotatable bonds is 1. The van der Waals surface area contributed by atoms with Gasteiger partial charge in [-0.1, -0.05) is 15.9 Å². The number of hydrogen-bond acceptors (Lipinski definition) is 2. The van der Waals surface area contributed by atoms with Crippen molar-refractivity contribution in [3.8, 4) is 0 Å².